The van der Waals surface area contributed by atoms with Crippen molar-refractivity contribution in [2.24, 2.45) is 0 Å². The molecule has 118 valence electrons. The number of hydrogen-bond acceptors (Lipinski definition) is 4. The third kappa shape index (κ3) is 5.53. The SMILES string of the molecule is CS(=O)(=O)Nc1ccccc1C(=O)NC1CCCNC1.Cl. The molecule has 0 bridgehead atoms. The first-order valence-electron chi connectivity index (χ1n) is 6.54. The van der Waals surface area contributed by atoms with Crippen LogP contribution in [0.25, 0.3) is 0 Å². The zero-order valence-corrected chi connectivity index (χ0v) is 13.4. The van der Waals surface area contributed by atoms with E-state index < -0.39 is 10.0 Å². The smallest absolute Gasteiger partial charge is 0.253 e. The van der Waals surface area contributed by atoms with Crippen LogP contribution in [0.4, 0.5) is 5.69 Å². The Morgan fingerprint density at radius 1 is 1.33 bits per heavy atom. The molecule has 0 aliphatic carbocycles. The van der Waals surface area contributed by atoms with Gasteiger partial charge in [0.05, 0.1) is 17.5 Å². The average molecular weight is 334 g/mol. The Labute approximate surface area is 131 Å². The van der Waals surface area contributed by atoms with Gasteiger partial charge in [0.1, 0.15) is 0 Å². The van der Waals surface area contributed by atoms with Gasteiger partial charge >= 0.3 is 0 Å². The number of para-hydroxylation sites is 1. The lowest BCUT2D eigenvalue weighted by molar-refractivity contribution is 0.0931. The lowest BCUT2D eigenvalue weighted by Gasteiger charge is -2.24. The second-order valence-electron chi connectivity index (χ2n) is 4.94. The average Bonchev–Trinajstić information content (AvgIpc) is 2.38. The highest BCUT2D eigenvalue weighted by molar-refractivity contribution is 7.92. The van der Waals surface area contributed by atoms with Crippen LogP contribution in [0.1, 0.15) is 23.2 Å². The van der Waals surface area contributed by atoms with Gasteiger partial charge in [-0.3, -0.25) is 9.52 Å². The first-order chi connectivity index (χ1) is 9.46. The summed E-state index contributed by atoms with van der Waals surface area (Å²) in [5, 5.41) is 6.14. The van der Waals surface area contributed by atoms with Crippen molar-refractivity contribution in [2.75, 3.05) is 24.1 Å². The minimum atomic E-state index is -3.41. The second kappa shape index (κ2) is 7.63. The highest BCUT2D eigenvalue weighted by atomic mass is 35.5. The molecule has 1 aromatic carbocycles. The van der Waals surface area contributed by atoms with Gasteiger partial charge in [-0.2, -0.15) is 0 Å². The van der Waals surface area contributed by atoms with Crippen LogP contribution in [0.15, 0.2) is 24.3 Å². The largest absolute Gasteiger partial charge is 0.348 e. The molecule has 6 nitrogen and oxygen atoms in total. The number of sulfonamides is 1. The Bertz CT molecular complexity index is 586. The van der Waals surface area contributed by atoms with E-state index in [9.17, 15) is 13.2 Å². The Hall–Kier alpha value is -1.31. The van der Waals surface area contributed by atoms with E-state index in [0.717, 1.165) is 32.2 Å². The summed E-state index contributed by atoms with van der Waals surface area (Å²) in [6.45, 7) is 1.71. The standard InChI is InChI=1S/C13H19N3O3S.ClH/c1-20(18,19)16-12-7-3-2-6-11(12)13(17)15-10-5-4-8-14-9-10;/h2-3,6-7,10,14,16H,4-5,8-9H2,1H3,(H,15,17);1H. The van der Waals surface area contributed by atoms with Crippen molar-refractivity contribution in [1.29, 1.82) is 0 Å². The first-order valence-corrected chi connectivity index (χ1v) is 8.43. The van der Waals surface area contributed by atoms with E-state index in [4.69, 9.17) is 0 Å². The Kier molecular flexibility index (Phi) is 6.44. The van der Waals surface area contributed by atoms with Crippen LogP contribution in [0.5, 0.6) is 0 Å². The highest BCUT2D eigenvalue weighted by Gasteiger charge is 2.19. The fraction of sp³-hybridized carbons (Fsp3) is 0.462. The monoisotopic (exact) mass is 333 g/mol. The van der Waals surface area contributed by atoms with Crippen LogP contribution in [-0.4, -0.2) is 39.7 Å². The zero-order chi connectivity index (χ0) is 14.6. The number of carbonyl (C=O) groups is 1. The van der Waals surface area contributed by atoms with Gasteiger partial charge in [-0.15, -0.1) is 12.4 Å². The van der Waals surface area contributed by atoms with Gasteiger partial charge in [0, 0.05) is 12.6 Å². The summed E-state index contributed by atoms with van der Waals surface area (Å²) in [6.07, 6.45) is 3.02. The summed E-state index contributed by atoms with van der Waals surface area (Å²) in [5.74, 6) is -0.259. The molecule has 1 amide bonds. The fourth-order valence-corrected chi connectivity index (χ4v) is 2.79. The van der Waals surface area contributed by atoms with Gasteiger partial charge in [-0.05, 0) is 31.5 Å². The molecule has 1 unspecified atom stereocenters. The molecule has 1 aliphatic rings. The van der Waals surface area contributed by atoms with E-state index in [1.807, 2.05) is 0 Å². The van der Waals surface area contributed by atoms with Gasteiger partial charge in [0.15, 0.2) is 0 Å². The van der Waals surface area contributed by atoms with E-state index in [1.165, 1.54) is 0 Å². The van der Waals surface area contributed by atoms with Crippen molar-refractivity contribution < 1.29 is 13.2 Å². The Balaban J connectivity index is 0.00000220. The van der Waals surface area contributed by atoms with Crippen LogP contribution < -0.4 is 15.4 Å². The summed E-state index contributed by atoms with van der Waals surface area (Å²) in [5.41, 5.74) is 0.639. The third-order valence-electron chi connectivity index (χ3n) is 3.10. The number of halogens is 1. The lowest BCUT2D eigenvalue weighted by atomic mass is 10.1. The third-order valence-corrected chi connectivity index (χ3v) is 3.69. The molecular formula is C13H20ClN3O3S. The Morgan fingerprint density at radius 2 is 2.05 bits per heavy atom. The summed E-state index contributed by atoms with van der Waals surface area (Å²) < 4.78 is 25.0. The molecule has 1 aromatic rings. The molecule has 1 aliphatic heterocycles. The van der Waals surface area contributed by atoms with Crippen molar-refractivity contribution in [1.82, 2.24) is 10.6 Å². The number of carbonyl (C=O) groups excluding carboxylic acids is 1. The Morgan fingerprint density at radius 3 is 2.67 bits per heavy atom. The predicted octanol–water partition coefficient (Wildman–Crippen LogP) is 0.962. The number of benzene rings is 1. The maximum absolute atomic E-state index is 12.2. The maximum atomic E-state index is 12.2. The van der Waals surface area contributed by atoms with Gasteiger partial charge in [0.25, 0.3) is 5.91 Å². The molecular weight excluding hydrogens is 314 g/mol. The predicted molar refractivity (Wildman–Crippen MR) is 85.5 cm³/mol. The maximum Gasteiger partial charge on any atom is 0.253 e. The summed E-state index contributed by atoms with van der Waals surface area (Å²) in [6, 6.07) is 6.67. The molecule has 1 atom stereocenters. The van der Waals surface area contributed by atoms with E-state index in [2.05, 4.69) is 15.4 Å². The van der Waals surface area contributed by atoms with Crippen molar-refractivity contribution in [3.05, 3.63) is 29.8 Å². The van der Waals surface area contributed by atoms with Gasteiger partial charge in [0.2, 0.25) is 10.0 Å². The van der Waals surface area contributed by atoms with Crippen molar-refractivity contribution >= 4 is 34.0 Å². The van der Waals surface area contributed by atoms with Crippen molar-refractivity contribution in [2.45, 2.75) is 18.9 Å². The molecule has 21 heavy (non-hydrogen) atoms. The van der Waals surface area contributed by atoms with Crippen LogP contribution >= 0.6 is 12.4 Å². The summed E-state index contributed by atoms with van der Waals surface area (Å²) in [7, 11) is -3.41. The number of nitrogens with one attached hydrogen (secondary N) is 3. The van der Waals surface area contributed by atoms with E-state index in [1.54, 1.807) is 24.3 Å². The van der Waals surface area contributed by atoms with E-state index >= 15 is 0 Å². The quantitative estimate of drug-likeness (QED) is 0.766. The number of hydrogen-bond donors (Lipinski definition) is 3. The molecule has 0 spiro atoms. The van der Waals surface area contributed by atoms with Gasteiger partial charge in [-0.25, -0.2) is 8.42 Å². The molecule has 2 rings (SSSR count). The minimum Gasteiger partial charge on any atom is -0.348 e. The van der Waals surface area contributed by atoms with Crippen molar-refractivity contribution in [3.63, 3.8) is 0 Å². The van der Waals surface area contributed by atoms with Crippen LogP contribution in [0, 0.1) is 0 Å². The fourth-order valence-electron chi connectivity index (χ4n) is 2.21. The number of anilines is 1. The zero-order valence-electron chi connectivity index (χ0n) is 11.8. The van der Waals surface area contributed by atoms with E-state index in [-0.39, 0.29) is 24.4 Å². The molecule has 0 saturated carbocycles. The topological polar surface area (TPSA) is 87.3 Å². The lowest BCUT2D eigenvalue weighted by Crippen LogP contribution is -2.45. The number of amides is 1. The van der Waals surface area contributed by atoms with Gasteiger partial charge < -0.3 is 10.6 Å². The second-order valence-corrected chi connectivity index (χ2v) is 6.69. The summed E-state index contributed by atoms with van der Waals surface area (Å²) >= 11 is 0. The summed E-state index contributed by atoms with van der Waals surface area (Å²) in [4.78, 5) is 12.2. The molecule has 1 fully saturated rings. The first kappa shape index (κ1) is 17.7. The molecule has 3 N–H and O–H groups in total. The normalized spacial score (nSPS) is 18.4. The molecule has 1 heterocycles. The van der Waals surface area contributed by atoms with Crippen molar-refractivity contribution in [3.8, 4) is 0 Å². The molecule has 1 saturated heterocycles. The molecule has 0 aromatic heterocycles. The van der Waals surface area contributed by atoms with E-state index in [0.29, 0.717) is 11.3 Å². The number of piperidine rings is 1. The number of rotatable bonds is 4. The van der Waals surface area contributed by atoms with Gasteiger partial charge in [-0.1, -0.05) is 12.1 Å². The highest BCUT2D eigenvalue weighted by Crippen LogP contribution is 2.16. The van der Waals surface area contributed by atoms with Crippen LogP contribution in [0.3, 0.4) is 0 Å². The minimum absolute atomic E-state index is 0. The molecule has 0 radical (unpaired) electrons. The van der Waals surface area contributed by atoms with Crippen LogP contribution in [-0.2, 0) is 10.0 Å². The van der Waals surface area contributed by atoms with Crippen LogP contribution in [0.2, 0.25) is 0 Å². The molecule has 8 heteroatoms.